The van der Waals surface area contributed by atoms with Crippen molar-refractivity contribution in [2.75, 3.05) is 26.7 Å². The van der Waals surface area contributed by atoms with Gasteiger partial charge in [-0.15, -0.1) is 10.2 Å². The van der Waals surface area contributed by atoms with Gasteiger partial charge in [-0.25, -0.2) is 0 Å². The lowest BCUT2D eigenvalue weighted by Crippen LogP contribution is -2.23. The van der Waals surface area contributed by atoms with E-state index in [-0.39, 0.29) is 12.9 Å². The third-order valence-corrected chi connectivity index (χ3v) is 5.80. The Bertz CT molecular complexity index is 810. The third-order valence-electron chi connectivity index (χ3n) is 4.78. The Balaban J connectivity index is 1.46. The molecule has 0 radical (unpaired) electrons. The molecule has 3 heterocycles. The van der Waals surface area contributed by atoms with E-state index in [1.807, 2.05) is 25.4 Å². The van der Waals surface area contributed by atoms with Gasteiger partial charge in [0.25, 0.3) is 0 Å². The monoisotopic (exact) mass is 410 g/mol. The molecule has 9 heteroatoms. The van der Waals surface area contributed by atoms with Crippen LogP contribution in [-0.4, -0.2) is 52.5 Å². The van der Waals surface area contributed by atoms with Crippen molar-refractivity contribution in [1.29, 1.82) is 0 Å². The summed E-state index contributed by atoms with van der Waals surface area (Å²) in [6.07, 6.45) is 4.49. The molecular weight excluding hydrogens is 388 g/mol. The van der Waals surface area contributed by atoms with Crippen molar-refractivity contribution in [2.45, 2.75) is 43.7 Å². The van der Waals surface area contributed by atoms with Gasteiger partial charge in [0.15, 0.2) is 16.7 Å². The molecule has 146 valence electrons. The second kappa shape index (κ2) is 8.26. The molecule has 1 saturated heterocycles. The Hall–Kier alpha value is -1.48. The minimum atomic E-state index is 0.245. The number of halogens is 1. The van der Waals surface area contributed by atoms with E-state index in [2.05, 4.69) is 19.7 Å². The predicted octanol–water partition coefficient (Wildman–Crippen LogP) is 3.19. The van der Waals surface area contributed by atoms with Crippen LogP contribution in [0.25, 0.3) is 0 Å². The second-order valence-electron chi connectivity index (χ2n) is 6.82. The number of hydrogen-bond acceptors (Lipinski definition) is 7. The second-order valence-corrected chi connectivity index (χ2v) is 8.00. The summed E-state index contributed by atoms with van der Waals surface area (Å²) in [6.45, 7) is 3.24. The van der Waals surface area contributed by atoms with Crippen molar-refractivity contribution in [3.05, 3.63) is 28.5 Å². The van der Waals surface area contributed by atoms with Gasteiger partial charge >= 0.3 is 0 Å². The Kier molecular flexibility index (Phi) is 5.77. The highest BCUT2D eigenvalue weighted by Gasteiger charge is 2.22. The topological polar surface area (TPSA) is 61.6 Å². The maximum Gasteiger partial charge on any atom is 0.231 e. The summed E-state index contributed by atoms with van der Waals surface area (Å²) in [5, 5.41) is 10.3. The fourth-order valence-electron chi connectivity index (χ4n) is 3.43. The Morgan fingerprint density at radius 2 is 2.07 bits per heavy atom. The molecule has 0 bridgehead atoms. The maximum atomic E-state index is 6.41. The molecule has 1 atom stereocenters. The quantitative estimate of drug-likeness (QED) is 0.649. The largest absolute Gasteiger partial charge is 0.454 e. The minimum Gasteiger partial charge on any atom is -0.454 e. The number of hydrogen-bond donors (Lipinski definition) is 0. The first-order valence-electron chi connectivity index (χ1n) is 8.98. The molecule has 2 aliphatic rings. The van der Waals surface area contributed by atoms with E-state index >= 15 is 0 Å². The average Bonchev–Trinajstić information content (AvgIpc) is 3.38. The number of benzene rings is 1. The summed E-state index contributed by atoms with van der Waals surface area (Å²) >= 11 is 8.02. The third kappa shape index (κ3) is 4.18. The van der Waals surface area contributed by atoms with Gasteiger partial charge in [0.05, 0.1) is 19.2 Å². The molecule has 4 rings (SSSR count). The van der Waals surface area contributed by atoms with Crippen LogP contribution in [0.4, 0.5) is 0 Å². The highest BCUT2D eigenvalue weighted by atomic mass is 35.5. The fourth-order valence-corrected chi connectivity index (χ4v) is 4.17. The number of ether oxygens (including phenoxy) is 3. The molecule has 0 saturated carbocycles. The summed E-state index contributed by atoms with van der Waals surface area (Å²) in [5.41, 5.74) is 0.999. The van der Waals surface area contributed by atoms with Crippen molar-refractivity contribution >= 4 is 23.4 Å². The molecule has 0 N–H and O–H groups in total. The first-order chi connectivity index (χ1) is 13.1. The number of nitrogens with zero attached hydrogens (tertiary/aromatic N) is 4. The number of thioether (sulfide) groups is 1. The Labute approximate surface area is 167 Å². The molecule has 7 nitrogen and oxygen atoms in total. The van der Waals surface area contributed by atoms with Crippen molar-refractivity contribution in [3.8, 4) is 11.5 Å². The van der Waals surface area contributed by atoms with Crippen molar-refractivity contribution < 1.29 is 14.2 Å². The highest BCUT2D eigenvalue weighted by Crippen LogP contribution is 2.37. The van der Waals surface area contributed by atoms with Crippen LogP contribution in [0.3, 0.4) is 0 Å². The van der Waals surface area contributed by atoms with Gasteiger partial charge in [-0.1, -0.05) is 23.4 Å². The molecule has 1 aromatic carbocycles. The van der Waals surface area contributed by atoms with Gasteiger partial charge in [0.1, 0.15) is 5.82 Å². The van der Waals surface area contributed by atoms with Crippen molar-refractivity contribution in [1.82, 2.24) is 19.7 Å². The lowest BCUT2D eigenvalue weighted by atomic mass is 10.2. The van der Waals surface area contributed by atoms with Crippen LogP contribution < -0.4 is 9.47 Å². The van der Waals surface area contributed by atoms with E-state index in [9.17, 15) is 0 Å². The zero-order valence-electron chi connectivity index (χ0n) is 15.5. The fraction of sp³-hybridized carbons (Fsp3) is 0.556. The van der Waals surface area contributed by atoms with Crippen LogP contribution in [-0.2, 0) is 24.4 Å². The van der Waals surface area contributed by atoms with Gasteiger partial charge in [0, 0.05) is 24.2 Å². The molecule has 27 heavy (non-hydrogen) atoms. The molecule has 0 amide bonds. The van der Waals surface area contributed by atoms with E-state index in [1.54, 1.807) is 11.8 Å². The first-order valence-corrected chi connectivity index (χ1v) is 10.6. The summed E-state index contributed by atoms with van der Waals surface area (Å²) < 4.78 is 18.8. The number of fused-ring (bicyclic) bond motifs is 1. The van der Waals surface area contributed by atoms with E-state index in [0.717, 1.165) is 48.3 Å². The zero-order chi connectivity index (χ0) is 18.8. The molecule has 1 fully saturated rings. The van der Waals surface area contributed by atoms with Crippen LogP contribution in [0.2, 0.25) is 5.02 Å². The standard InChI is InChI=1S/C18H23ClN4O3S/c1-22(8-12-6-15-16(7-14(12)19)26-11-25-15)10-17-20-21-18(27-2)23(17)9-13-4-3-5-24-13/h6-7,13H,3-5,8-11H2,1-2H3/t13-/m1/s1. The average molecular weight is 411 g/mol. The van der Waals surface area contributed by atoms with Crippen molar-refractivity contribution in [3.63, 3.8) is 0 Å². The van der Waals surface area contributed by atoms with E-state index in [4.69, 9.17) is 25.8 Å². The van der Waals surface area contributed by atoms with Crippen molar-refractivity contribution in [2.24, 2.45) is 0 Å². The number of rotatable bonds is 7. The highest BCUT2D eigenvalue weighted by molar-refractivity contribution is 7.98. The van der Waals surface area contributed by atoms with Gasteiger partial charge in [0.2, 0.25) is 6.79 Å². The molecule has 2 aromatic rings. The summed E-state index contributed by atoms with van der Waals surface area (Å²) in [4.78, 5) is 2.17. The molecule has 2 aliphatic heterocycles. The van der Waals surface area contributed by atoms with Crippen LogP contribution in [0.1, 0.15) is 24.2 Å². The predicted molar refractivity (Wildman–Crippen MR) is 104 cm³/mol. The summed E-state index contributed by atoms with van der Waals surface area (Å²) in [5.74, 6) is 2.38. The maximum absolute atomic E-state index is 6.41. The van der Waals surface area contributed by atoms with Crippen LogP contribution >= 0.6 is 23.4 Å². The lowest BCUT2D eigenvalue weighted by molar-refractivity contribution is 0.0934. The summed E-state index contributed by atoms with van der Waals surface area (Å²) in [7, 11) is 2.05. The van der Waals surface area contributed by atoms with Crippen LogP contribution in [0.15, 0.2) is 17.3 Å². The molecule has 0 spiro atoms. The number of aromatic nitrogens is 3. The molecule has 1 aromatic heterocycles. The zero-order valence-corrected chi connectivity index (χ0v) is 17.1. The molecule has 0 aliphatic carbocycles. The van der Waals surface area contributed by atoms with Gasteiger partial charge in [-0.3, -0.25) is 4.90 Å². The van der Waals surface area contributed by atoms with E-state index in [1.165, 1.54) is 0 Å². The van der Waals surface area contributed by atoms with Crippen LogP contribution in [0, 0.1) is 0 Å². The van der Waals surface area contributed by atoms with Crippen LogP contribution in [0.5, 0.6) is 11.5 Å². The normalized spacial score (nSPS) is 18.6. The smallest absolute Gasteiger partial charge is 0.231 e. The first kappa shape index (κ1) is 18.9. The van der Waals surface area contributed by atoms with E-state index < -0.39 is 0 Å². The van der Waals surface area contributed by atoms with E-state index in [0.29, 0.717) is 23.9 Å². The Morgan fingerprint density at radius 1 is 1.26 bits per heavy atom. The minimum absolute atomic E-state index is 0.245. The van der Waals surface area contributed by atoms with Gasteiger partial charge in [-0.05, 0) is 37.8 Å². The SMILES string of the molecule is CSc1nnc(CN(C)Cc2cc3c(cc2Cl)OCO3)n1C[C@H]1CCCO1. The van der Waals surface area contributed by atoms with Gasteiger partial charge < -0.3 is 18.8 Å². The Morgan fingerprint density at radius 3 is 2.81 bits per heavy atom. The lowest BCUT2D eigenvalue weighted by Gasteiger charge is -2.19. The summed E-state index contributed by atoms with van der Waals surface area (Å²) in [6, 6.07) is 3.77. The molecular formula is C18H23ClN4O3S. The van der Waals surface area contributed by atoms with Gasteiger partial charge in [-0.2, -0.15) is 0 Å². The molecule has 0 unspecified atom stereocenters.